The average Bonchev–Trinajstić information content (AvgIpc) is 2.74. The van der Waals surface area contributed by atoms with Gasteiger partial charge in [-0.1, -0.05) is 61.7 Å². The summed E-state index contributed by atoms with van der Waals surface area (Å²) in [6.45, 7) is 2.07. The van der Waals surface area contributed by atoms with Crippen molar-refractivity contribution >= 4 is 11.9 Å². The van der Waals surface area contributed by atoms with E-state index >= 15 is 0 Å². The normalized spacial score (nSPS) is 16.1. The van der Waals surface area contributed by atoms with Gasteiger partial charge in [0.15, 0.2) is 0 Å². The molecule has 0 spiro atoms. The van der Waals surface area contributed by atoms with E-state index in [0.29, 0.717) is 17.7 Å². The summed E-state index contributed by atoms with van der Waals surface area (Å²) in [5.41, 5.74) is 7.28. The number of hydrogen-bond donors (Lipinski definition) is 3. The van der Waals surface area contributed by atoms with Gasteiger partial charge in [-0.25, -0.2) is 4.39 Å². The Labute approximate surface area is 176 Å². The molecule has 6 heteroatoms. The van der Waals surface area contributed by atoms with E-state index in [9.17, 15) is 14.0 Å². The first-order chi connectivity index (χ1) is 14.3. The summed E-state index contributed by atoms with van der Waals surface area (Å²) in [7, 11) is 0. The predicted octanol–water partition coefficient (Wildman–Crippen LogP) is 5.05. The van der Waals surface area contributed by atoms with E-state index in [1.54, 1.807) is 19.1 Å². The minimum atomic E-state index is -0.957. The lowest BCUT2D eigenvalue weighted by Crippen LogP contribution is -2.34. The van der Waals surface area contributed by atoms with Crippen molar-refractivity contribution in [2.24, 2.45) is 11.1 Å². The Kier molecular flexibility index (Phi) is 8.54. The van der Waals surface area contributed by atoms with Crippen LogP contribution in [0.3, 0.4) is 0 Å². The van der Waals surface area contributed by atoms with E-state index in [1.165, 1.54) is 12.5 Å². The van der Waals surface area contributed by atoms with Crippen LogP contribution in [0, 0.1) is 11.2 Å². The standard InChI is InChI=1S/C15H13FO2.C9H17NO2/c1-10(15(17)18)12-7-8-13(14(16)9-12)11-5-3-2-4-6-11;10-7-9(6-8(11)12)4-2-1-3-5-9/h2-10H,1H3,(H,17,18);1-7,10H2,(H,11,12). The maximum atomic E-state index is 14.0. The lowest BCUT2D eigenvalue weighted by Gasteiger charge is -2.34. The molecule has 0 bridgehead atoms. The number of benzene rings is 2. The zero-order valence-corrected chi connectivity index (χ0v) is 17.3. The molecule has 0 aliphatic heterocycles. The van der Waals surface area contributed by atoms with Crippen LogP contribution in [-0.4, -0.2) is 28.7 Å². The smallest absolute Gasteiger partial charge is 0.310 e. The first kappa shape index (κ1) is 23.5. The molecule has 1 aliphatic rings. The molecule has 3 rings (SSSR count). The van der Waals surface area contributed by atoms with Crippen LogP contribution in [0.5, 0.6) is 0 Å². The second-order valence-corrected chi connectivity index (χ2v) is 8.00. The van der Waals surface area contributed by atoms with Crippen LogP contribution in [0.4, 0.5) is 4.39 Å². The minimum absolute atomic E-state index is 0.0793. The number of nitrogens with two attached hydrogens (primary N) is 1. The van der Waals surface area contributed by atoms with Crippen molar-refractivity contribution < 1.29 is 24.2 Å². The van der Waals surface area contributed by atoms with Gasteiger partial charge >= 0.3 is 11.9 Å². The SMILES string of the molecule is CC(C(=O)O)c1ccc(-c2ccccc2)c(F)c1.NCC1(CC(=O)O)CCCCC1. The third-order valence-corrected chi connectivity index (χ3v) is 5.82. The lowest BCUT2D eigenvalue weighted by atomic mass is 9.72. The van der Waals surface area contributed by atoms with Crippen molar-refractivity contribution in [2.75, 3.05) is 6.54 Å². The summed E-state index contributed by atoms with van der Waals surface area (Å²) >= 11 is 0. The van der Waals surface area contributed by atoms with E-state index in [4.69, 9.17) is 15.9 Å². The Balaban J connectivity index is 0.000000232. The molecule has 1 aliphatic carbocycles. The molecule has 4 N–H and O–H groups in total. The van der Waals surface area contributed by atoms with E-state index < -0.39 is 23.7 Å². The first-order valence-electron chi connectivity index (χ1n) is 10.3. The van der Waals surface area contributed by atoms with E-state index in [-0.39, 0.29) is 11.8 Å². The number of carboxylic acids is 2. The second-order valence-electron chi connectivity index (χ2n) is 8.00. The molecule has 1 saturated carbocycles. The maximum absolute atomic E-state index is 14.0. The van der Waals surface area contributed by atoms with Crippen molar-refractivity contribution in [2.45, 2.75) is 51.4 Å². The third-order valence-electron chi connectivity index (χ3n) is 5.82. The molecular formula is C24H30FNO4. The highest BCUT2D eigenvalue weighted by atomic mass is 19.1. The average molecular weight is 416 g/mol. The fourth-order valence-electron chi connectivity index (χ4n) is 3.87. The largest absolute Gasteiger partial charge is 0.481 e. The van der Waals surface area contributed by atoms with Gasteiger partial charge in [-0.2, -0.15) is 0 Å². The van der Waals surface area contributed by atoms with Gasteiger partial charge in [0.05, 0.1) is 12.3 Å². The summed E-state index contributed by atoms with van der Waals surface area (Å²) in [5.74, 6) is -2.76. The number of aliphatic carboxylic acids is 2. The quantitative estimate of drug-likeness (QED) is 0.613. The fraction of sp³-hybridized carbons (Fsp3) is 0.417. The van der Waals surface area contributed by atoms with Crippen LogP contribution in [0.25, 0.3) is 11.1 Å². The van der Waals surface area contributed by atoms with Crippen LogP contribution in [-0.2, 0) is 9.59 Å². The van der Waals surface area contributed by atoms with Gasteiger partial charge in [0.1, 0.15) is 5.82 Å². The van der Waals surface area contributed by atoms with Crippen LogP contribution >= 0.6 is 0 Å². The molecule has 1 atom stereocenters. The highest BCUT2D eigenvalue weighted by Crippen LogP contribution is 2.38. The third kappa shape index (κ3) is 6.39. The molecule has 0 radical (unpaired) electrons. The van der Waals surface area contributed by atoms with Gasteiger partial charge in [0, 0.05) is 5.56 Å². The number of rotatable bonds is 6. The highest BCUT2D eigenvalue weighted by molar-refractivity contribution is 5.76. The van der Waals surface area contributed by atoms with Gasteiger partial charge in [0.25, 0.3) is 0 Å². The summed E-state index contributed by atoms with van der Waals surface area (Å²) in [5, 5.41) is 17.6. The van der Waals surface area contributed by atoms with Crippen molar-refractivity contribution in [1.82, 2.24) is 0 Å². The van der Waals surface area contributed by atoms with E-state index in [0.717, 1.165) is 31.2 Å². The summed E-state index contributed by atoms with van der Waals surface area (Å²) in [6.07, 6.45) is 5.77. The molecule has 0 aromatic heterocycles. The molecule has 2 aromatic rings. The topological polar surface area (TPSA) is 101 Å². The zero-order valence-electron chi connectivity index (χ0n) is 17.3. The minimum Gasteiger partial charge on any atom is -0.481 e. The molecule has 5 nitrogen and oxygen atoms in total. The molecule has 162 valence electrons. The lowest BCUT2D eigenvalue weighted by molar-refractivity contribution is -0.140. The van der Waals surface area contributed by atoms with Crippen LogP contribution in [0.2, 0.25) is 0 Å². The highest BCUT2D eigenvalue weighted by Gasteiger charge is 2.32. The zero-order chi connectivity index (χ0) is 22.1. The van der Waals surface area contributed by atoms with Crippen molar-refractivity contribution in [3.63, 3.8) is 0 Å². The Morgan fingerprint density at radius 1 is 1.07 bits per heavy atom. The molecule has 0 saturated heterocycles. The molecular weight excluding hydrogens is 385 g/mol. The van der Waals surface area contributed by atoms with Gasteiger partial charge in [0.2, 0.25) is 0 Å². The Morgan fingerprint density at radius 3 is 2.20 bits per heavy atom. The fourth-order valence-corrected chi connectivity index (χ4v) is 3.87. The van der Waals surface area contributed by atoms with Crippen LogP contribution < -0.4 is 5.73 Å². The maximum Gasteiger partial charge on any atom is 0.310 e. The van der Waals surface area contributed by atoms with Gasteiger partial charge in [-0.15, -0.1) is 0 Å². The number of hydrogen-bond acceptors (Lipinski definition) is 3. The molecule has 2 aromatic carbocycles. The molecule has 0 heterocycles. The monoisotopic (exact) mass is 415 g/mol. The summed E-state index contributed by atoms with van der Waals surface area (Å²) in [6, 6.07) is 13.7. The van der Waals surface area contributed by atoms with Gasteiger partial charge in [-0.05, 0) is 48.9 Å². The van der Waals surface area contributed by atoms with Crippen molar-refractivity contribution in [3.8, 4) is 11.1 Å². The number of halogens is 1. The van der Waals surface area contributed by atoms with Gasteiger partial charge < -0.3 is 15.9 Å². The van der Waals surface area contributed by atoms with Crippen LogP contribution in [0.15, 0.2) is 48.5 Å². The number of carbonyl (C=O) groups is 2. The summed E-state index contributed by atoms with van der Waals surface area (Å²) < 4.78 is 14.0. The molecule has 1 fully saturated rings. The first-order valence-corrected chi connectivity index (χ1v) is 10.3. The summed E-state index contributed by atoms with van der Waals surface area (Å²) in [4.78, 5) is 21.4. The van der Waals surface area contributed by atoms with E-state index in [2.05, 4.69) is 0 Å². The molecule has 1 unspecified atom stereocenters. The van der Waals surface area contributed by atoms with Gasteiger partial charge in [-0.3, -0.25) is 9.59 Å². The Hall–Kier alpha value is -2.73. The Bertz CT molecular complexity index is 848. The van der Waals surface area contributed by atoms with Crippen molar-refractivity contribution in [3.05, 3.63) is 59.9 Å². The predicted molar refractivity (Wildman–Crippen MR) is 115 cm³/mol. The van der Waals surface area contributed by atoms with Crippen molar-refractivity contribution in [1.29, 1.82) is 0 Å². The molecule has 0 amide bonds. The van der Waals surface area contributed by atoms with E-state index in [1.807, 2.05) is 30.3 Å². The molecule has 30 heavy (non-hydrogen) atoms. The Morgan fingerprint density at radius 2 is 1.70 bits per heavy atom. The second kappa shape index (κ2) is 10.9. The van der Waals surface area contributed by atoms with Crippen LogP contribution in [0.1, 0.15) is 56.9 Å². The number of carboxylic acid groups (broad SMARTS) is 2.